The SMILES string of the molecule is CC(C)C1N=C(c2cccc(Cl)c2)NC1=O. The molecular formula is C12H13ClN2O. The summed E-state index contributed by atoms with van der Waals surface area (Å²) < 4.78 is 0. The molecule has 0 aromatic heterocycles. The van der Waals surface area contributed by atoms with E-state index in [2.05, 4.69) is 10.3 Å². The molecule has 1 amide bonds. The molecule has 4 heteroatoms. The van der Waals surface area contributed by atoms with Gasteiger partial charge >= 0.3 is 0 Å². The number of nitrogens with zero attached hydrogens (tertiary/aromatic N) is 1. The van der Waals surface area contributed by atoms with Gasteiger partial charge in [-0.3, -0.25) is 9.79 Å². The molecule has 2 rings (SSSR count). The number of benzene rings is 1. The Hall–Kier alpha value is -1.35. The number of hydrogen-bond acceptors (Lipinski definition) is 2. The molecule has 1 aromatic carbocycles. The van der Waals surface area contributed by atoms with Gasteiger partial charge < -0.3 is 5.32 Å². The van der Waals surface area contributed by atoms with Gasteiger partial charge in [-0.2, -0.15) is 0 Å². The molecule has 1 atom stereocenters. The van der Waals surface area contributed by atoms with Crippen molar-refractivity contribution in [1.82, 2.24) is 5.32 Å². The average Bonchev–Trinajstić information content (AvgIpc) is 2.60. The number of halogens is 1. The number of hydrogen-bond donors (Lipinski definition) is 1. The van der Waals surface area contributed by atoms with Gasteiger partial charge in [0.1, 0.15) is 11.9 Å². The van der Waals surface area contributed by atoms with E-state index in [4.69, 9.17) is 11.6 Å². The third-order valence-corrected chi connectivity index (χ3v) is 2.74. The molecule has 16 heavy (non-hydrogen) atoms. The molecule has 84 valence electrons. The molecular weight excluding hydrogens is 224 g/mol. The number of nitrogens with one attached hydrogen (secondary N) is 1. The summed E-state index contributed by atoms with van der Waals surface area (Å²) in [6.07, 6.45) is 0. The molecule has 0 saturated carbocycles. The molecule has 1 aliphatic heterocycles. The predicted octanol–water partition coefficient (Wildman–Crippen LogP) is 2.24. The van der Waals surface area contributed by atoms with E-state index in [-0.39, 0.29) is 17.9 Å². The quantitative estimate of drug-likeness (QED) is 0.841. The summed E-state index contributed by atoms with van der Waals surface area (Å²) in [6, 6.07) is 7.03. The number of amides is 1. The van der Waals surface area contributed by atoms with Gasteiger partial charge in [0.15, 0.2) is 0 Å². The van der Waals surface area contributed by atoms with Gasteiger partial charge in [-0.1, -0.05) is 37.6 Å². The van der Waals surface area contributed by atoms with Crippen molar-refractivity contribution in [2.24, 2.45) is 10.9 Å². The largest absolute Gasteiger partial charge is 0.309 e. The summed E-state index contributed by atoms with van der Waals surface area (Å²) in [7, 11) is 0. The van der Waals surface area contributed by atoms with Crippen LogP contribution in [0.25, 0.3) is 0 Å². The van der Waals surface area contributed by atoms with Gasteiger partial charge in [0, 0.05) is 10.6 Å². The van der Waals surface area contributed by atoms with Crippen molar-refractivity contribution < 1.29 is 4.79 Å². The number of carbonyl (C=O) groups excluding carboxylic acids is 1. The fourth-order valence-corrected chi connectivity index (χ4v) is 1.85. The molecule has 0 bridgehead atoms. The lowest BCUT2D eigenvalue weighted by Gasteiger charge is -2.06. The summed E-state index contributed by atoms with van der Waals surface area (Å²) in [4.78, 5) is 16.0. The Morgan fingerprint density at radius 2 is 2.19 bits per heavy atom. The second-order valence-electron chi connectivity index (χ2n) is 4.17. The van der Waals surface area contributed by atoms with Crippen LogP contribution in [0.4, 0.5) is 0 Å². The number of carbonyl (C=O) groups is 1. The van der Waals surface area contributed by atoms with Crippen molar-refractivity contribution >= 4 is 23.3 Å². The number of amidine groups is 1. The minimum atomic E-state index is -0.283. The number of rotatable bonds is 2. The van der Waals surface area contributed by atoms with Crippen LogP contribution in [0.3, 0.4) is 0 Å². The van der Waals surface area contributed by atoms with E-state index in [1.807, 2.05) is 26.0 Å². The highest BCUT2D eigenvalue weighted by molar-refractivity contribution is 6.31. The zero-order chi connectivity index (χ0) is 11.7. The summed E-state index contributed by atoms with van der Waals surface area (Å²) in [5.41, 5.74) is 0.851. The lowest BCUT2D eigenvalue weighted by Crippen LogP contribution is -2.31. The lowest BCUT2D eigenvalue weighted by atomic mass is 10.1. The van der Waals surface area contributed by atoms with Crippen molar-refractivity contribution in [2.45, 2.75) is 19.9 Å². The van der Waals surface area contributed by atoms with E-state index in [0.29, 0.717) is 10.9 Å². The Kier molecular flexibility index (Phi) is 2.97. The minimum absolute atomic E-state index is 0.0371. The van der Waals surface area contributed by atoms with Crippen LogP contribution in [0.1, 0.15) is 19.4 Å². The molecule has 0 fully saturated rings. The first-order valence-electron chi connectivity index (χ1n) is 5.22. The Labute approximate surface area is 99.5 Å². The van der Waals surface area contributed by atoms with Crippen LogP contribution in [-0.4, -0.2) is 17.8 Å². The van der Waals surface area contributed by atoms with Crippen molar-refractivity contribution in [3.63, 3.8) is 0 Å². The molecule has 1 N–H and O–H groups in total. The van der Waals surface area contributed by atoms with E-state index in [9.17, 15) is 4.79 Å². The minimum Gasteiger partial charge on any atom is -0.309 e. The van der Waals surface area contributed by atoms with Crippen molar-refractivity contribution in [3.8, 4) is 0 Å². The monoisotopic (exact) mass is 236 g/mol. The van der Waals surface area contributed by atoms with Crippen LogP contribution < -0.4 is 5.32 Å². The molecule has 0 saturated heterocycles. The summed E-state index contributed by atoms with van der Waals surface area (Å²) >= 11 is 5.89. The first-order valence-corrected chi connectivity index (χ1v) is 5.60. The van der Waals surface area contributed by atoms with Gasteiger partial charge in [-0.05, 0) is 18.1 Å². The summed E-state index contributed by atoms with van der Waals surface area (Å²) in [5, 5.41) is 3.42. The average molecular weight is 237 g/mol. The third-order valence-electron chi connectivity index (χ3n) is 2.51. The highest BCUT2D eigenvalue weighted by atomic mass is 35.5. The topological polar surface area (TPSA) is 41.5 Å². The zero-order valence-electron chi connectivity index (χ0n) is 9.20. The Morgan fingerprint density at radius 3 is 2.75 bits per heavy atom. The second-order valence-corrected chi connectivity index (χ2v) is 4.60. The van der Waals surface area contributed by atoms with Gasteiger partial charge in [0.05, 0.1) is 0 Å². The van der Waals surface area contributed by atoms with E-state index >= 15 is 0 Å². The van der Waals surface area contributed by atoms with Crippen LogP contribution in [0.5, 0.6) is 0 Å². The zero-order valence-corrected chi connectivity index (χ0v) is 9.95. The van der Waals surface area contributed by atoms with Crippen LogP contribution in [0.2, 0.25) is 5.02 Å². The Bertz CT molecular complexity index is 454. The van der Waals surface area contributed by atoms with Crippen LogP contribution in [-0.2, 0) is 4.79 Å². The smallest absolute Gasteiger partial charge is 0.250 e. The highest BCUT2D eigenvalue weighted by Crippen LogP contribution is 2.17. The number of aliphatic imine (C=N–C) groups is 1. The van der Waals surface area contributed by atoms with E-state index in [1.54, 1.807) is 12.1 Å². The summed E-state index contributed by atoms with van der Waals surface area (Å²) in [5.74, 6) is 0.785. The molecule has 1 aromatic rings. The Morgan fingerprint density at radius 1 is 1.44 bits per heavy atom. The molecule has 3 nitrogen and oxygen atoms in total. The normalized spacial score (nSPS) is 19.9. The molecule has 0 radical (unpaired) electrons. The second kappa shape index (κ2) is 4.26. The molecule has 1 unspecified atom stereocenters. The van der Waals surface area contributed by atoms with Crippen molar-refractivity contribution in [3.05, 3.63) is 34.9 Å². The van der Waals surface area contributed by atoms with Crippen LogP contribution in [0.15, 0.2) is 29.3 Å². The lowest BCUT2D eigenvalue weighted by molar-refractivity contribution is -0.120. The van der Waals surface area contributed by atoms with Crippen molar-refractivity contribution in [1.29, 1.82) is 0 Å². The van der Waals surface area contributed by atoms with Crippen LogP contribution in [0, 0.1) is 5.92 Å². The van der Waals surface area contributed by atoms with Gasteiger partial charge in [0.2, 0.25) is 0 Å². The van der Waals surface area contributed by atoms with E-state index in [0.717, 1.165) is 5.56 Å². The molecule has 1 heterocycles. The summed E-state index contributed by atoms with van der Waals surface area (Å²) in [6.45, 7) is 3.96. The van der Waals surface area contributed by atoms with E-state index in [1.165, 1.54) is 0 Å². The van der Waals surface area contributed by atoms with Gasteiger partial charge in [0.25, 0.3) is 5.91 Å². The standard InChI is InChI=1S/C12H13ClN2O/c1-7(2)10-12(16)15-11(14-10)8-4-3-5-9(13)6-8/h3-7,10H,1-2H3,(H,14,15,16). The molecule has 0 aliphatic carbocycles. The Balaban J connectivity index is 2.30. The van der Waals surface area contributed by atoms with Crippen molar-refractivity contribution in [2.75, 3.05) is 0 Å². The molecule has 0 spiro atoms. The highest BCUT2D eigenvalue weighted by Gasteiger charge is 2.29. The fraction of sp³-hybridized carbons (Fsp3) is 0.333. The maximum Gasteiger partial charge on any atom is 0.250 e. The van der Waals surface area contributed by atoms with E-state index < -0.39 is 0 Å². The maximum atomic E-state index is 11.6. The third kappa shape index (κ3) is 2.09. The fourth-order valence-electron chi connectivity index (χ4n) is 1.65. The maximum absolute atomic E-state index is 11.6. The first-order chi connectivity index (χ1) is 7.58. The first kappa shape index (κ1) is 11.1. The molecule has 1 aliphatic rings. The van der Waals surface area contributed by atoms with Gasteiger partial charge in [-0.15, -0.1) is 0 Å². The van der Waals surface area contributed by atoms with Crippen LogP contribution >= 0.6 is 11.6 Å². The van der Waals surface area contributed by atoms with Gasteiger partial charge in [-0.25, -0.2) is 0 Å². The predicted molar refractivity (Wildman–Crippen MR) is 64.8 cm³/mol.